The summed E-state index contributed by atoms with van der Waals surface area (Å²) < 4.78 is 10.8. The Kier molecular flexibility index (Phi) is 74.2. The van der Waals surface area contributed by atoms with Crippen molar-refractivity contribution in [2.24, 2.45) is 0 Å². The molecule has 0 amide bonds. The van der Waals surface area contributed by atoms with Crippen LogP contribution in [0.15, 0.2) is 72.9 Å². The van der Waals surface area contributed by atoms with E-state index in [0.717, 1.165) is 70.6 Å². The van der Waals surface area contributed by atoms with Crippen LogP contribution in [0.5, 0.6) is 0 Å². The lowest BCUT2D eigenvalue weighted by molar-refractivity contribution is -0.161. The molecule has 502 valence electrons. The first-order valence-corrected chi connectivity index (χ1v) is 38.5. The van der Waals surface area contributed by atoms with Gasteiger partial charge < -0.3 is 14.6 Å². The van der Waals surface area contributed by atoms with Gasteiger partial charge >= 0.3 is 11.9 Å². The van der Waals surface area contributed by atoms with Crippen molar-refractivity contribution in [1.29, 1.82) is 0 Å². The molecule has 5 heteroatoms. The molecule has 0 aromatic carbocycles. The molecule has 0 heterocycles. The van der Waals surface area contributed by atoms with E-state index in [0.29, 0.717) is 12.8 Å². The van der Waals surface area contributed by atoms with Gasteiger partial charge in [0.2, 0.25) is 0 Å². The van der Waals surface area contributed by atoms with Crippen LogP contribution in [-0.2, 0) is 19.1 Å². The predicted octanol–water partition coefficient (Wildman–Crippen LogP) is 27.0. The number of hydrogen-bond donors (Lipinski definition) is 1. The second-order valence-corrected chi connectivity index (χ2v) is 26.1. The molecule has 0 fully saturated rings. The fourth-order valence-corrected chi connectivity index (χ4v) is 11.8. The minimum Gasteiger partial charge on any atom is -0.462 e. The first-order chi connectivity index (χ1) is 42.6. The summed E-state index contributed by atoms with van der Waals surface area (Å²) in [7, 11) is 0. The molecule has 1 atom stereocenters. The second kappa shape index (κ2) is 76.6. The van der Waals surface area contributed by atoms with Crippen molar-refractivity contribution in [2.45, 2.75) is 418 Å². The van der Waals surface area contributed by atoms with Crippen LogP contribution in [0.2, 0.25) is 0 Å². The highest BCUT2D eigenvalue weighted by molar-refractivity contribution is 5.70. The first-order valence-electron chi connectivity index (χ1n) is 38.5. The number of carbonyl (C=O) groups excluding carboxylic acids is 2. The number of aliphatic hydroxyl groups is 1. The van der Waals surface area contributed by atoms with Crippen molar-refractivity contribution in [1.82, 2.24) is 0 Å². The van der Waals surface area contributed by atoms with Crippen LogP contribution in [0.4, 0.5) is 0 Å². The third-order valence-electron chi connectivity index (χ3n) is 17.5. The molecule has 0 aliphatic rings. The Morgan fingerprint density at radius 3 is 0.767 bits per heavy atom. The van der Waals surface area contributed by atoms with E-state index >= 15 is 0 Å². The van der Waals surface area contributed by atoms with Crippen molar-refractivity contribution < 1.29 is 24.2 Å². The van der Waals surface area contributed by atoms with Crippen LogP contribution in [0.3, 0.4) is 0 Å². The van der Waals surface area contributed by atoms with Gasteiger partial charge in [-0.2, -0.15) is 0 Å². The number of carbonyl (C=O) groups is 2. The van der Waals surface area contributed by atoms with Gasteiger partial charge in [-0.05, 0) is 83.5 Å². The molecule has 0 bridgehead atoms. The zero-order valence-electron chi connectivity index (χ0n) is 57.8. The summed E-state index contributed by atoms with van der Waals surface area (Å²) >= 11 is 0. The average Bonchev–Trinajstić information content (AvgIpc) is 3.55. The zero-order chi connectivity index (χ0) is 61.9. The Morgan fingerprint density at radius 1 is 0.279 bits per heavy atom. The van der Waals surface area contributed by atoms with Gasteiger partial charge in [-0.3, -0.25) is 9.59 Å². The monoisotopic (exact) mass is 1200 g/mol. The Hall–Kier alpha value is -2.66. The summed E-state index contributed by atoms with van der Waals surface area (Å²) in [5.41, 5.74) is 0. The number of rotatable bonds is 72. The van der Waals surface area contributed by atoms with Crippen LogP contribution in [0, 0.1) is 0 Å². The van der Waals surface area contributed by atoms with Crippen LogP contribution in [0.1, 0.15) is 412 Å². The van der Waals surface area contributed by atoms with E-state index < -0.39 is 6.10 Å². The SMILES string of the molecule is CC/C=C\C/C=C\C/C=C\C/C=C\C/C=C\CCCCCCCCCCCCCCCCCC(=O)OC(CO)COC(=O)CCCCCCCCCCCCCCCCCCCCCCCCCCCCCCC/C=C\CCCCCCCCCC. The minimum absolute atomic E-state index is 0.0625. The maximum absolute atomic E-state index is 12.4. The Labute approximate surface area is 537 Å². The van der Waals surface area contributed by atoms with E-state index in [2.05, 4.69) is 86.8 Å². The summed E-state index contributed by atoms with van der Waals surface area (Å²) in [6.07, 6.45) is 107. The Balaban J connectivity index is 3.38. The number of esters is 2. The van der Waals surface area contributed by atoms with E-state index in [1.165, 1.54) is 315 Å². The van der Waals surface area contributed by atoms with E-state index in [-0.39, 0.29) is 25.2 Å². The largest absolute Gasteiger partial charge is 0.462 e. The molecule has 0 rings (SSSR count). The molecule has 0 aliphatic carbocycles. The van der Waals surface area contributed by atoms with Gasteiger partial charge in [0.1, 0.15) is 6.61 Å². The van der Waals surface area contributed by atoms with Gasteiger partial charge in [-0.15, -0.1) is 0 Å². The van der Waals surface area contributed by atoms with Gasteiger partial charge in [0.15, 0.2) is 6.10 Å². The smallest absolute Gasteiger partial charge is 0.306 e. The fraction of sp³-hybridized carbons (Fsp3) is 0.827. The van der Waals surface area contributed by atoms with Crippen molar-refractivity contribution >= 4 is 11.9 Å². The summed E-state index contributed by atoms with van der Waals surface area (Å²) in [4.78, 5) is 24.7. The first kappa shape index (κ1) is 83.3. The van der Waals surface area contributed by atoms with E-state index in [1.807, 2.05) is 0 Å². The molecule has 5 nitrogen and oxygen atoms in total. The highest BCUT2D eigenvalue weighted by Gasteiger charge is 2.16. The van der Waals surface area contributed by atoms with Gasteiger partial charge in [-0.1, -0.05) is 389 Å². The quantitative estimate of drug-likeness (QED) is 0.0373. The number of hydrogen-bond acceptors (Lipinski definition) is 5. The molecule has 0 saturated carbocycles. The minimum atomic E-state index is -0.774. The van der Waals surface area contributed by atoms with E-state index in [9.17, 15) is 14.7 Å². The van der Waals surface area contributed by atoms with Crippen molar-refractivity contribution in [3.63, 3.8) is 0 Å². The Bertz CT molecular complexity index is 1500. The average molecular weight is 1200 g/mol. The molecule has 0 aromatic heterocycles. The second-order valence-electron chi connectivity index (χ2n) is 26.1. The van der Waals surface area contributed by atoms with Crippen molar-refractivity contribution in [3.05, 3.63) is 72.9 Å². The molecule has 0 aromatic rings. The van der Waals surface area contributed by atoms with Crippen LogP contribution >= 0.6 is 0 Å². The molecule has 0 saturated heterocycles. The number of ether oxygens (including phenoxy) is 2. The third kappa shape index (κ3) is 73.8. The molecule has 86 heavy (non-hydrogen) atoms. The maximum Gasteiger partial charge on any atom is 0.306 e. The van der Waals surface area contributed by atoms with Crippen LogP contribution in [0.25, 0.3) is 0 Å². The normalized spacial score (nSPS) is 12.5. The maximum atomic E-state index is 12.4. The van der Waals surface area contributed by atoms with E-state index in [1.54, 1.807) is 0 Å². The Morgan fingerprint density at radius 2 is 0.500 bits per heavy atom. The fourth-order valence-electron chi connectivity index (χ4n) is 11.8. The molecule has 1 unspecified atom stereocenters. The molecular weight excluding hydrogens is 1050 g/mol. The highest BCUT2D eigenvalue weighted by Crippen LogP contribution is 2.19. The van der Waals surface area contributed by atoms with Gasteiger partial charge in [-0.25, -0.2) is 0 Å². The lowest BCUT2D eigenvalue weighted by Crippen LogP contribution is -2.28. The summed E-state index contributed by atoms with van der Waals surface area (Å²) in [6, 6.07) is 0. The summed E-state index contributed by atoms with van der Waals surface area (Å²) in [5.74, 6) is -0.571. The van der Waals surface area contributed by atoms with Crippen molar-refractivity contribution in [2.75, 3.05) is 13.2 Å². The van der Waals surface area contributed by atoms with Crippen molar-refractivity contribution in [3.8, 4) is 0 Å². The van der Waals surface area contributed by atoms with Gasteiger partial charge in [0.05, 0.1) is 6.61 Å². The zero-order valence-corrected chi connectivity index (χ0v) is 57.8. The summed E-state index contributed by atoms with van der Waals surface area (Å²) in [5, 5.41) is 9.72. The number of unbranched alkanes of at least 4 members (excludes halogenated alkanes) is 52. The number of aliphatic hydroxyl groups excluding tert-OH is 1. The molecule has 0 spiro atoms. The molecular formula is C81H148O5. The summed E-state index contributed by atoms with van der Waals surface area (Å²) in [6.45, 7) is 4.08. The molecule has 0 aliphatic heterocycles. The van der Waals surface area contributed by atoms with Crippen LogP contribution in [-0.4, -0.2) is 36.4 Å². The van der Waals surface area contributed by atoms with E-state index in [4.69, 9.17) is 9.47 Å². The third-order valence-corrected chi connectivity index (χ3v) is 17.5. The topological polar surface area (TPSA) is 72.8 Å². The lowest BCUT2D eigenvalue weighted by Gasteiger charge is -2.15. The molecule has 1 N–H and O–H groups in total. The van der Waals surface area contributed by atoms with Gasteiger partial charge in [0.25, 0.3) is 0 Å². The highest BCUT2D eigenvalue weighted by atomic mass is 16.6. The van der Waals surface area contributed by atoms with Gasteiger partial charge in [0, 0.05) is 12.8 Å². The predicted molar refractivity (Wildman–Crippen MR) is 380 cm³/mol. The number of allylic oxidation sites excluding steroid dienone is 12. The molecule has 0 radical (unpaired) electrons. The lowest BCUT2D eigenvalue weighted by atomic mass is 10.0. The standard InChI is InChI=1S/C81H148O5/c1-3-5-7-9-11-13-15-17-19-21-23-25-27-29-31-33-35-36-37-38-39-40-41-42-43-44-46-47-49-51-53-55-57-59-61-63-65-67-69-71-73-75-80(83)85-78-79(77-82)86-81(84)76-74-72-70-68-66-64-62-60-58-56-54-52-50-48-45-34-32-30-28-26-24-22-20-18-16-14-12-10-8-6-4-2/h6,8,12,14,18,20-21,23-24,26,30,32,79,82H,3-5,7,9-11,13,15-17,19,22,25,27-29,31,33-78H2,1-2H3/b8-6-,14-12-,20-18-,23-21-,26-24-,32-30-. The van der Waals surface area contributed by atoms with Crippen LogP contribution < -0.4 is 0 Å².